The first-order valence-corrected chi connectivity index (χ1v) is 6.28. The standard InChI is InChI=1S/C12H10N4O3S/c13-12(15-17)11-7-10(5-6-14-11)20-9-3-1-8(2-4-9)16(18)19/h1-7,17H,(H2,13,15). The van der Waals surface area contributed by atoms with Crippen LogP contribution in [0.2, 0.25) is 0 Å². The molecule has 0 saturated carbocycles. The molecule has 0 atom stereocenters. The van der Waals surface area contributed by atoms with Crippen molar-refractivity contribution in [1.29, 1.82) is 0 Å². The molecule has 0 amide bonds. The van der Waals surface area contributed by atoms with Crippen molar-refractivity contribution in [3.63, 3.8) is 0 Å². The van der Waals surface area contributed by atoms with Gasteiger partial charge in [0.05, 0.1) is 4.92 Å². The molecule has 1 aromatic heterocycles. The van der Waals surface area contributed by atoms with Crippen LogP contribution in [0.4, 0.5) is 5.69 Å². The molecule has 8 heteroatoms. The van der Waals surface area contributed by atoms with E-state index in [1.807, 2.05) is 0 Å². The second kappa shape index (κ2) is 6.02. The van der Waals surface area contributed by atoms with Crippen LogP contribution in [0.25, 0.3) is 0 Å². The summed E-state index contributed by atoms with van der Waals surface area (Å²) in [6, 6.07) is 9.63. The molecule has 0 aliphatic heterocycles. The summed E-state index contributed by atoms with van der Waals surface area (Å²) < 4.78 is 0. The normalized spacial score (nSPS) is 11.3. The fourth-order valence-electron chi connectivity index (χ4n) is 1.44. The van der Waals surface area contributed by atoms with Crippen LogP contribution in [-0.4, -0.2) is 21.0 Å². The number of rotatable bonds is 4. The van der Waals surface area contributed by atoms with Crippen molar-refractivity contribution >= 4 is 23.3 Å². The van der Waals surface area contributed by atoms with Crippen molar-refractivity contribution in [2.45, 2.75) is 9.79 Å². The fraction of sp³-hybridized carbons (Fsp3) is 0. The molecule has 0 bridgehead atoms. The predicted octanol–water partition coefficient (Wildman–Crippen LogP) is 2.24. The number of hydrogen-bond acceptors (Lipinski definition) is 6. The zero-order valence-electron chi connectivity index (χ0n) is 10.1. The third kappa shape index (κ3) is 3.23. The Morgan fingerprint density at radius 3 is 2.60 bits per heavy atom. The maximum absolute atomic E-state index is 10.6. The minimum Gasteiger partial charge on any atom is -0.409 e. The van der Waals surface area contributed by atoms with Crippen LogP contribution in [0.5, 0.6) is 0 Å². The number of nitro benzene ring substituents is 1. The van der Waals surface area contributed by atoms with Gasteiger partial charge in [-0.2, -0.15) is 0 Å². The lowest BCUT2D eigenvalue weighted by molar-refractivity contribution is -0.384. The van der Waals surface area contributed by atoms with Gasteiger partial charge in [-0.3, -0.25) is 15.1 Å². The number of amidine groups is 1. The van der Waals surface area contributed by atoms with E-state index in [-0.39, 0.29) is 11.5 Å². The lowest BCUT2D eigenvalue weighted by atomic mass is 10.3. The molecule has 1 aromatic carbocycles. The summed E-state index contributed by atoms with van der Waals surface area (Å²) in [6.07, 6.45) is 1.54. The molecule has 7 nitrogen and oxygen atoms in total. The van der Waals surface area contributed by atoms with E-state index in [4.69, 9.17) is 10.9 Å². The van der Waals surface area contributed by atoms with E-state index < -0.39 is 4.92 Å². The predicted molar refractivity (Wildman–Crippen MR) is 74.0 cm³/mol. The Morgan fingerprint density at radius 2 is 2.00 bits per heavy atom. The zero-order chi connectivity index (χ0) is 14.5. The van der Waals surface area contributed by atoms with Crippen LogP contribution >= 0.6 is 11.8 Å². The van der Waals surface area contributed by atoms with Crippen molar-refractivity contribution in [3.8, 4) is 0 Å². The molecule has 0 unspecified atom stereocenters. The van der Waals surface area contributed by atoms with Crippen molar-refractivity contribution in [3.05, 3.63) is 58.4 Å². The molecule has 2 aromatic rings. The molecule has 0 fully saturated rings. The van der Waals surface area contributed by atoms with E-state index in [1.54, 1.807) is 30.5 Å². The van der Waals surface area contributed by atoms with Crippen LogP contribution in [0.3, 0.4) is 0 Å². The molecule has 0 aliphatic rings. The first kappa shape index (κ1) is 13.8. The fourth-order valence-corrected chi connectivity index (χ4v) is 2.28. The van der Waals surface area contributed by atoms with E-state index in [0.29, 0.717) is 5.69 Å². The molecule has 3 N–H and O–H groups in total. The Labute approximate surface area is 118 Å². The Kier molecular flexibility index (Phi) is 4.16. The van der Waals surface area contributed by atoms with E-state index in [0.717, 1.165) is 9.79 Å². The molecule has 0 spiro atoms. The van der Waals surface area contributed by atoms with Gasteiger partial charge in [0.1, 0.15) is 5.69 Å². The smallest absolute Gasteiger partial charge is 0.269 e. The lowest BCUT2D eigenvalue weighted by Gasteiger charge is -2.03. The first-order chi connectivity index (χ1) is 9.60. The number of non-ortho nitro benzene ring substituents is 1. The number of nitrogens with two attached hydrogens (primary N) is 1. The first-order valence-electron chi connectivity index (χ1n) is 5.46. The second-order valence-corrected chi connectivity index (χ2v) is 4.86. The van der Waals surface area contributed by atoms with Gasteiger partial charge in [-0.25, -0.2) is 0 Å². The van der Waals surface area contributed by atoms with Gasteiger partial charge in [0.15, 0.2) is 5.84 Å². The minimum absolute atomic E-state index is 0.0430. The topological polar surface area (TPSA) is 115 Å². The van der Waals surface area contributed by atoms with Crippen molar-refractivity contribution < 1.29 is 10.1 Å². The summed E-state index contributed by atoms with van der Waals surface area (Å²) in [5, 5.41) is 22.1. The molecular formula is C12H10N4O3S. The van der Waals surface area contributed by atoms with Crippen LogP contribution in [0.15, 0.2) is 57.5 Å². The Hall–Kier alpha value is -2.61. The molecule has 0 radical (unpaired) electrons. The molecule has 1 heterocycles. The SMILES string of the molecule is NC(=NO)c1cc(Sc2ccc([N+](=O)[O-])cc2)ccn1. The summed E-state index contributed by atoms with van der Waals surface area (Å²) in [7, 11) is 0. The third-order valence-electron chi connectivity index (χ3n) is 2.38. The van der Waals surface area contributed by atoms with Gasteiger partial charge in [-0.05, 0) is 24.3 Å². The molecule has 20 heavy (non-hydrogen) atoms. The summed E-state index contributed by atoms with van der Waals surface area (Å²) in [5.74, 6) is -0.0730. The summed E-state index contributed by atoms with van der Waals surface area (Å²) in [4.78, 5) is 15.8. The zero-order valence-corrected chi connectivity index (χ0v) is 10.9. The number of aromatic nitrogens is 1. The van der Waals surface area contributed by atoms with Crippen LogP contribution in [0.1, 0.15) is 5.69 Å². The highest BCUT2D eigenvalue weighted by Gasteiger charge is 2.06. The highest BCUT2D eigenvalue weighted by molar-refractivity contribution is 7.99. The molecule has 0 aliphatic carbocycles. The van der Waals surface area contributed by atoms with Gasteiger partial charge >= 0.3 is 0 Å². The third-order valence-corrected chi connectivity index (χ3v) is 3.38. The highest BCUT2D eigenvalue weighted by Crippen LogP contribution is 2.28. The number of nitro groups is 1. The van der Waals surface area contributed by atoms with E-state index in [9.17, 15) is 10.1 Å². The van der Waals surface area contributed by atoms with Crippen LogP contribution in [-0.2, 0) is 0 Å². The van der Waals surface area contributed by atoms with Gasteiger partial charge in [0.25, 0.3) is 5.69 Å². The number of nitrogens with zero attached hydrogens (tertiary/aromatic N) is 3. The van der Waals surface area contributed by atoms with Gasteiger partial charge in [-0.1, -0.05) is 16.9 Å². The van der Waals surface area contributed by atoms with Crippen molar-refractivity contribution in [2.75, 3.05) is 0 Å². The monoisotopic (exact) mass is 290 g/mol. The van der Waals surface area contributed by atoms with Gasteiger partial charge in [0, 0.05) is 28.1 Å². The van der Waals surface area contributed by atoms with Crippen LogP contribution < -0.4 is 5.73 Å². The Morgan fingerprint density at radius 1 is 1.30 bits per heavy atom. The quantitative estimate of drug-likeness (QED) is 0.293. The maximum atomic E-state index is 10.6. The second-order valence-electron chi connectivity index (χ2n) is 3.72. The molecular weight excluding hydrogens is 280 g/mol. The minimum atomic E-state index is -0.447. The Balaban J connectivity index is 2.19. The number of benzene rings is 1. The van der Waals surface area contributed by atoms with Crippen molar-refractivity contribution in [2.24, 2.45) is 10.9 Å². The molecule has 2 rings (SSSR count). The Bertz CT molecular complexity index is 658. The summed E-state index contributed by atoms with van der Waals surface area (Å²) in [6.45, 7) is 0. The lowest BCUT2D eigenvalue weighted by Crippen LogP contribution is -2.14. The van der Waals surface area contributed by atoms with Gasteiger partial charge < -0.3 is 10.9 Å². The van der Waals surface area contributed by atoms with Crippen LogP contribution in [0, 0.1) is 10.1 Å². The average molecular weight is 290 g/mol. The van der Waals surface area contributed by atoms with Crippen molar-refractivity contribution in [1.82, 2.24) is 4.98 Å². The summed E-state index contributed by atoms with van der Waals surface area (Å²) in [5.41, 5.74) is 5.87. The number of hydrogen-bond donors (Lipinski definition) is 2. The number of pyridine rings is 1. The molecule has 0 saturated heterocycles. The van der Waals surface area contributed by atoms with E-state index in [2.05, 4.69) is 10.1 Å². The van der Waals surface area contributed by atoms with E-state index in [1.165, 1.54) is 23.9 Å². The largest absolute Gasteiger partial charge is 0.409 e. The number of oxime groups is 1. The van der Waals surface area contributed by atoms with Gasteiger partial charge in [-0.15, -0.1) is 0 Å². The molecule has 102 valence electrons. The maximum Gasteiger partial charge on any atom is 0.269 e. The summed E-state index contributed by atoms with van der Waals surface area (Å²) >= 11 is 1.40. The highest BCUT2D eigenvalue weighted by atomic mass is 32.2. The average Bonchev–Trinajstić information content (AvgIpc) is 2.47. The van der Waals surface area contributed by atoms with E-state index >= 15 is 0 Å². The van der Waals surface area contributed by atoms with Gasteiger partial charge in [0.2, 0.25) is 0 Å².